The molecule has 3 nitrogen and oxygen atoms in total. The summed E-state index contributed by atoms with van der Waals surface area (Å²) in [6.45, 7) is 2.29. The first-order valence-electron chi connectivity index (χ1n) is 13.6. The molecule has 0 saturated carbocycles. The third-order valence-electron chi connectivity index (χ3n) is 6.52. The maximum absolute atomic E-state index is 10.5. The second kappa shape index (κ2) is 18.8. The SMILES string of the molecule is CCCCCCCCCCCCCCCCCCSCCC(O)n1ncc2cc([As])ccc21. The van der Waals surface area contributed by atoms with Gasteiger partial charge in [-0.05, 0) is 0 Å². The summed E-state index contributed by atoms with van der Waals surface area (Å²) in [4.78, 5) is 0. The molecule has 0 amide bonds. The second-order valence-electron chi connectivity index (χ2n) is 9.52. The first-order chi connectivity index (χ1) is 16.2. The molecule has 186 valence electrons. The van der Waals surface area contributed by atoms with Gasteiger partial charge < -0.3 is 0 Å². The summed E-state index contributed by atoms with van der Waals surface area (Å²) in [6.07, 6.45) is 24.8. The zero-order chi connectivity index (χ0) is 23.6. The third kappa shape index (κ3) is 12.7. The molecule has 0 saturated heterocycles. The van der Waals surface area contributed by atoms with Crippen LogP contribution in [0.25, 0.3) is 10.9 Å². The van der Waals surface area contributed by atoms with Gasteiger partial charge in [0.15, 0.2) is 0 Å². The van der Waals surface area contributed by atoms with Gasteiger partial charge in [0.2, 0.25) is 0 Å². The summed E-state index contributed by atoms with van der Waals surface area (Å²) in [7, 11) is 0. The van der Waals surface area contributed by atoms with Gasteiger partial charge >= 0.3 is 120 Å². The fraction of sp³-hybridized carbons (Fsp3) is 0.750. The van der Waals surface area contributed by atoms with Gasteiger partial charge in [-0.2, -0.15) is 0 Å². The van der Waals surface area contributed by atoms with E-state index >= 15 is 0 Å². The predicted molar refractivity (Wildman–Crippen MR) is 148 cm³/mol. The van der Waals surface area contributed by atoms with Gasteiger partial charge in [0.25, 0.3) is 0 Å². The Morgan fingerprint density at radius 3 is 1.94 bits per heavy atom. The van der Waals surface area contributed by atoms with Crippen LogP contribution in [0.4, 0.5) is 0 Å². The molecular weight excluding hydrogens is 487 g/mol. The topological polar surface area (TPSA) is 38.0 Å². The Balaban J connectivity index is 1.33. The average Bonchev–Trinajstić information content (AvgIpc) is 3.23. The van der Waals surface area contributed by atoms with E-state index in [1.165, 1.54) is 113 Å². The van der Waals surface area contributed by atoms with Gasteiger partial charge in [0.05, 0.1) is 0 Å². The number of nitrogens with zero attached hydrogens (tertiary/aromatic N) is 2. The van der Waals surface area contributed by atoms with E-state index in [-0.39, 0.29) is 0 Å². The molecule has 0 bridgehead atoms. The van der Waals surface area contributed by atoms with E-state index in [0.29, 0.717) is 0 Å². The molecule has 5 heteroatoms. The molecule has 0 fully saturated rings. The number of aliphatic hydroxyl groups excluding tert-OH is 1. The molecule has 33 heavy (non-hydrogen) atoms. The minimum absolute atomic E-state index is 0.530. The Labute approximate surface area is 216 Å². The number of benzene rings is 1. The van der Waals surface area contributed by atoms with Crippen molar-refractivity contribution in [3.63, 3.8) is 0 Å². The zero-order valence-corrected chi connectivity index (χ0v) is 23.7. The van der Waals surface area contributed by atoms with Crippen LogP contribution in [0, 0.1) is 0 Å². The molecule has 1 N–H and O–H groups in total. The molecule has 0 aliphatic rings. The van der Waals surface area contributed by atoms with Crippen molar-refractivity contribution in [1.29, 1.82) is 0 Å². The van der Waals surface area contributed by atoms with Gasteiger partial charge in [0, 0.05) is 0 Å². The van der Waals surface area contributed by atoms with Crippen LogP contribution in [-0.2, 0) is 0 Å². The van der Waals surface area contributed by atoms with Gasteiger partial charge in [-0.25, -0.2) is 0 Å². The standard InChI is InChI=1S/C28H47AsN2OS/c1-2-3-4-5-6-7-8-9-10-11-12-13-14-15-16-17-21-33-22-20-28(32)31-27-19-18-26(29)23-25(27)24-30-31/h18-19,23-24,28,32H,2-17,20-22H2,1H3. The van der Waals surface area contributed by atoms with Crippen LogP contribution in [0.2, 0.25) is 0 Å². The number of hydrogen-bond donors (Lipinski definition) is 1. The first-order valence-corrected chi connectivity index (χ1v) is 15.7. The molecule has 2 rings (SSSR count). The normalized spacial score (nSPS) is 12.6. The fourth-order valence-corrected chi connectivity index (χ4v) is 5.88. The van der Waals surface area contributed by atoms with Gasteiger partial charge in [-0.3, -0.25) is 0 Å². The molecule has 0 spiro atoms. The van der Waals surface area contributed by atoms with E-state index in [1.54, 1.807) is 4.68 Å². The van der Waals surface area contributed by atoms with Crippen LogP contribution in [0.3, 0.4) is 0 Å². The number of unbranched alkanes of at least 4 members (excludes halogenated alkanes) is 15. The summed E-state index contributed by atoms with van der Waals surface area (Å²) in [6, 6.07) is 6.19. The van der Waals surface area contributed by atoms with Crippen molar-refractivity contribution in [2.45, 2.75) is 122 Å². The molecule has 0 aliphatic carbocycles. The maximum atomic E-state index is 10.5. The van der Waals surface area contributed by atoms with Crippen molar-refractivity contribution in [1.82, 2.24) is 9.78 Å². The van der Waals surface area contributed by atoms with Crippen molar-refractivity contribution in [3.8, 4) is 0 Å². The van der Waals surface area contributed by atoms with Crippen molar-refractivity contribution in [2.24, 2.45) is 0 Å². The quantitative estimate of drug-likeness (QED) is 0.132. The van der Waals surface area contributed by atoms with Crippen LogP contribution < -0.4 is 4.35 Å². The minimum atomic E-state index is -0.530. The third-order valence-corrected chi connectivity index (χ3v) is 8.21. The van der Waals surface area contributed by atoms with Crippen molar-refractivity contribution in [3.05, 3.63) is 24.4 Å². The number of thioether (sulfide) groups is 1. The number of hydrogen-bond acceptors (Lipinski definition) is 3. The van der Waals surface area contributed by atoms with E-state index in [2.05, 4.69) is 41.0 Å². The van der Waals surface area contributed by atoms with Crippen molar-refractivity contribution < 1.29 is 5.11 Å². The number of fused-ring (bicyclic) bond motifs is 1. The summed E-state index contributed by atoms with van der Waals surface area (Å²) in [5.41, 5.74) is 1.01. The van der Waals surface area contributed by atoms with E-state index in [0.717, 1.165) is 23.1 Å². The van der Waals surface area contributed by atoms with E-state index < -0.39 is 6.23 Å². The van der Waals surface area contributed by atoms with Crippen LogP contribution >= 0.6 is 11.8 Å². The molecule has 1 aromatic heterocycles. The number of rotatable bonds is 21. The molecule has 1 aromatic carbocycles. The Morgan fingerprint density at radius 1 is 0.818 bits per heavy atom. The molecule has 0 aliphatic heterocycles. The second-order valence-corrected chi connectivity index (χ2v) is 11.8. The van der Waals surface area contributed by atoms with Crippen LogP contribution in [-0.4, -0.2) is 43.2 Å². The Morgan fingerprint density at radius 2 is 1.36 bits per heavy atom. The van der Waals surface area contributed by atoms with E-state index in [1.807, 2.05) is 24.0 Å². The van der Waals surface area contributed by atoms with Gasteiger partial charge in [-0.1, -0.05) is 96.8 Å². The first kappa shape index (κ1) is 28.8. The molecular formula is C28H47AsN2OS. The van der Waals surface area contributed by atoms with Crippen molar-refractivity contribution >= 4 is 43.9 Å². The Bertz CT molecular complexity index is 736. The summed E-state index contributed by atoms with van der Waals surface area (Å²) < 4.78 is 2.93. The average molecular weight is 535 g/mol. The van der Waals surface area contributed by atoms with Crippen LogP contribution in [0.1, 0.15) is 122 Å². The zero-order valence-electron chi connectivity index (χ0n) is 21.0. The summed E-state index contributed by atoms with van der Waals surface area (Å²) >= 11 is 4.52. The molecule has 1 heterocycles. The summed E-state index contributed by atoms with van der Waals surface area (Å²) in [5.74, 6) is 2.20. The number of aromatic nitrogens is 2. The van der Waals surface area contributed by atoms with E-state index in [4.69, 9.17) is 0 Å². The molecule has 2 radical (unpaired) electrons. The van der Waals surface area contributed by atoms with Crippen LogP contribution in [0.15, 0.2) is 24.4 Å². The van der Waals surface area contributed by atoms with Gasteiger partial charge in [0.1, 0.15) is 0 Å². The van der Waals surface area contributed by atoms with Gasteiger partial charge in [-0.15, -0.1) is 0 Å². The fourth-order valence-electron chi connectivity index (χ4n) is 4.44. The van der Waals surface area contributed by atoms with Crippen LogP contribution in [0.5, 0.6) is 0 Å². The van der Waals surface area contributed by atoms with E-state index in [9.17, 15) is 5.11 Å². The Kier molecular flexibility index (Phi) is 16.4. The molecule has 1 unspecified atom stereocenters. The Hall–Kier alpha value is -0.442. The monoisotopic (exact) mass is 534 g/mol. The van der Waals surface area contributed by atoms with Crippen molar-refractivity contribution in [2.75, 3.05) is 11.5 Å². The summed E-state index contributed by atoms with van der Waals surface area (Å²) in [5, 5.41) is 16.0. The number of aliphatic hydroxyl groups is 1. The molecule has 2 aromatic rings. The molecule has 1 atom stereocenters. The predicted octanol–water partition coefficient (Wildman–Crippen LogP) is 7.71.